The van der Waals surface area contributed by atoms with Crippen molar-refractivity contribution in [3.05, 3.63) is 71.4 Å². The monoisotopic (exact) mass is 404 g/mol. The summed E-state index contributed by atoms with van der Waals surface area (Å²) in [6.45, 7) is 0. The van der Waals surface area contributed by atoms with Crippen molar-refractivity contribution in [1.82, 2.24) is 24.3 Å². The van der Waals surface area contributed by atoms with Gasteiger partial charge in [-0.05, 0) is 24.3 Å². The van der Waals surface area contributed by atoms with E-state index >= 15 is 0 Å². The van der Waals surface area contributed by atoms with Crippen molar-refractivity contribution in [2.75, 3.05) is 11.1 Å². The number of anilines is 1. The van der Waals surface area contributed by atoms with Crippen LogP contribution in [0.2, 0.25) is 0 Å². The van der Waals surface area contributed by atoms with Crippen LogP contribution < -0.4 is 10.9 Å². The normalized spacial score (nSPS) is 15.4. The number of rotatable bonds is 4. The zero-order chi connectivity index (χ0) is 19.8. The summed E-state index contributed by atoms with van der Waals surface area (Å²) in [4.78, 5) is 34.2. The van der Waals surface area contributed by atoms with E-state index in [2.05, 4.69) is 20.4 Å². The van der Waals surface area contributed by atoms with Crippen molar-refractivity contribution >= 4 is 34.4 Å². The Bertz CT molecular complexity index is 1250. The van der Waals surface area contributed by atoms with Crippen LogP contribution in [-0.4, -0.2) is 36.0 Å². The predicted octanol–water partition coefficient (Wildman–Crippen LogP) is 2.65. The fraction of sp³-hybridized carbons (Fsp3) is 0.150. The molecule has 5 rings (SSSR count). The summed E-state index contributed by atoms with van der Waals surface area (Å²) in [6.07, 6.45) is 4.96. The fourth-order valence-electron chi connectivity index (χ4n) is 3.40. The summed E-state index contributed by atoms with van der Waals surface area (Å²) < 4.78 is 3.29. The van der Waals surface area contributed by atoms with Crippen LogP contribution in [0, 0.1) is 0 Å². The maximum absolute atomic E-state index is 13.1. The Morgan fingerprint density at radius 1 is 1.17 bits per heavy atom. The number of hydrogen-bond donors (Lipinski definition) is 1. The molecule has 9 heteroatoms. The quantitative estimate of drug-likeness (QED) is 0.526. The molecule has 0 unspecified atom stereocenters. The number of fused-ring (bicyclic) bond motifs is 2. The number of amides is 1. The van der Waals surface area contributed by atoms with Crippen molar-refractivity contribution in [1.29, 1.82) is 0 Å². The van der Waals surface area contributed by atoms with Gasteiger partial charge in [0.25, 0.3) is 5.56 Å². The third kappa shape index (κ3) is 3.19. The zero-order valence-corrected chi connectivity index (χ0v) is 16.0. The molecule has 1 aliphatic rings. The lowest BCUT2D eigenvalue weighted by molar-refractivity contribution is -0.116. The molecule has 0 fully saturated rings. The molecule has 0 saturated heterocycles. The molecule has 0 radical (unpaired) electrons. The highest BCUT2D eigenvalue weighted by Crippen LogP contribution is 2.33. The summed E-state index contributed by atoms with van der Waals surface area (Å²) in [5.74, 6) is 0.456. The topological polar surface area (TPSA) is 94.7 Å². The van der Waals surface area contributed by atoms with Gasteiger partial charge in [-0.15, -0.1) is 0 Å². The largest absolute Gasteiger partial charge is 0.325 e. The number of thioether (sulfide) groups is 1. The first-order valence-electron chi connectivity index (χ1n) is 9.09. The smallest absolute Gasteiger partial charge is 0.265 e. The number of carbonyl (C=O) groups excluding carboxylic acids is 1. The Morgan fingerprint density at radius 3 is 2.83 bits per heavy atom. The fourth-order valence-corrected chi connectivity index (χ4v) is 4.53. The molecule has 0 spiro atoms. The maximum atomic E-state index is 13.1. The van der Waals surface area contributed by atoms with Crippen molar-refractivity contribution in [2.24, 2.45) is 0 Å². The highest BCUT2D eigenvalue weighted by atomic mass is 32.2. The third-order valence-corrected chi connectivity index (χ3v) is 5.84. The van der Waals surface area contributed by atoms with E-state index in [9.17, 15) is 9.59 Å². The number of carbonyl (C=O) groups is 1. The lowest BCUT2D eigenvalue weighted by Crippen LogP contribution is -2.27. The van der Waals surface area contributed by atoms with Crippen LogP contribution in [0.4, 0.5) is 5.69 Å². The molecular weight excluding hydrogens is 388 g/mol. The number of hydrogen-bond acceptors (Lipinski definition) is 6. The number of para-hydroxylation sites is 1. The van der Waals surface area contributed by atoms with Crippen molar-refractivity contribution < 1.29 is 4.79 Å². The number of pyridine rings is 1. The van der Waals surface area contributed by atoms with Crippen LogP contribution in [0.1, 0.15) is 12.5 Å². The second-order valence-electron chi connectivity index (χ2n) is 6.66. The minimum atomic E-state index is -0.254. The Morgan fingerprint density at radius 2 is 2.03 bits per heavy atom. The molecule has 8 nitrogen and oxygen atoms in total. The van der Waals surface area contributed by atoms with Crippen molar-refractivity contribution in [3.63, 3.8) is 0 Å². The van der Waals surface area contributed by atoms with Crippen LogP contribution in [0.15, 0.2) is 71.0 Å². The first kappa shape index (κ1) is 17.6. The lowest BCUT2D eigenvalue weighted by Gasteiger charge is -2.13. The maximum Gasteiger partial charge on any atom is 0.265 e. The van der Waals surface area contributed by atoms with Crippen molar-refractivity contribution in [3.8, 4) is 5.69 Å². The highest BCUT2D eigenvalue weighted by Gasteiger charge is 2.29. The molecule has 0 saturated carbocycles. The average molecular weight is 404 g/mol. The molecule has 1 amide bonds. The standard InChI is InChI=1S/C20H16N6O2S/c27-17(23-13-5-4-8-21-10-13)9-15-12-29-20-24-18-16(19(28)25(15)20)11-22-26(18)14-6-2-1-3-7-14/h1-8,10-11,15H,9,12H2,(H,23,27)/t15-/m1/s1. The summed E-state index contributed by atoms with van der Waals surface area (Å²) in [6, 6.07) is 12.9. The molecular formula is C20H16N6O2S. The molecule has 3 aromatic heterocycles. The zero-order valence-electron chi connectivity index (χ0n) is 15.2. The van der Waals surface area contributed by atoms with Gasteiger partial charge in [-0.2, -0.15) is 5.10 Å². The van der Waals surface area contributed by atoms with Gasteiger partial charge in [0.1, 0.15) is 5.39 Å². The van der Waals surface area contributed by atoms with E-state index in [0.29, 0.717) is 27.6 Å². The van der Waals surface area contributed by atoms with Gasteiger partial charge in [0.2, 0.25) is 5.91 Å². The van der Waals surface area contributed by atoms with E-state index in [-0.39, 0.29) is 23.9 Å². The van der Waals surface area contributed by atoms with Crippen LogP contribution in [-0.2, 0) is 4.79 Å². The van der Waals surface area contributed by atoms with Gasteiger partial charge in [0.15, 0.2) is 10.8 Å². The Hall–Kier alpha value is -3.46. The number of aromatic nitrogens is 5. The first-order chi connectivity index (χ1) is 14.2. The third-order valence-electron chi connectivity index (χ3n) is 4.74. The summed E-state index contributed by atoms with van der Waals surface area (Å²) in [7, 11) is 0. The summed E-state index contributed by atoms with van der Waals surface area (Å²) in [5, 5.41) is 8.23. The number of nitrogens with zero attached hydrogens (tertiary/aromatic N) is 5. The van der Waals surface area contributed by atoms with E-state index in [1.165, 1.54) is 11.8 Å². The molecule has 1 atom stereocenters. The number of nitrogens with one attached hydrogen (secondary N) is 1. The van der Waals surface area contributed by atoms with E-state index in [1.54, 1.807) is 40.0 Å². The second kappa shape index (κ2) is 7.17. The minimum Gasteiger partial charge on any atom is -0.325 e. The molecule has 1 N–H and O–H groups in total. The molecule has 1 aliphatic heterocycles. The first-order valence-corrected chi connectivity index (χ1v) is 10.1. The predicted molar refractivity (Wildman–Crippen MR) is 110 cm³/mol. The molecule has 1 aromatic carbocycles. The number of benzene rings is 1. The van der Waals surface area contributed by atoms with Gasteiger partial charge in [-0.1, -0.05) is 30.0 Å². The molecule has 0 aliphatic carbocycles. The van der Waals surface area contributed by atoms with Gasteiger partial charge in [-0.25, -0.2) is 9.67 Å². The van der Waals surface area contributed by atoms with Gasteiger partial charge in [0.05, 0.1) is 29.8 Å². The van der Waals surface area contributed by atoms with E-state index in [0.717, 1.165) is 5.69 Å². The van der Waals surface area contributed by atoms with Crippen LogP contribution in [0.25, 0.3) is 16.7 Å². The van der Waals surface area contributed by atoms with Gasteiger partial charge < -0.3 is 5.32 Å². The van der Waals surface area contributed by atoms with Crippen LogP contribution in [0.3, 0.4) is 0 Å². The second-order valence-corrected chi connectivity index (χ2v) is 7.64. The molecule has 4 aromatic rings. The van der Waals surface area contributed by atoms with Gasteiger partial charge >= 0.3 is 0 Å². The van der Waals surface area contributed by atoms with Gasteiger partial charge in [-0.3, -0.25) is 19.1 Å². The van der Waals surface area contributed by atoms with Crippen LogP contribution >= 0.6 is 11.8 Å². The highest BCUT2D eigenvalue weighted by molar-refractivity contribution is 7.99. The van der Waals surface area contributed by atoms with Crippen molar-refractivity contribution in [2.45, 2.75) is 17.6 Å². The average Bonchev–Trinajstić information content (AvgIpc) is 3.34. The SMILES string of the molecule is O=C(C[C@@H]1CSc2nc3c(cnn3-c3ccccc3)c(=O)n21)Nc1cccnc1. The lowest BCUT2D eigenvalue weighted by atomic mass is 10.2. The Balaban J connectivity index is 1.46. The summed E-state index contributed by atoms with van der Waals surface area (Å²) in [5.41, 5.74) is 1.83. The Kier molecular flexibility index (Phi) is 4.36. The minimum absolute atomic E-state index is 0.163. The van der Waals surface area contributed by atoms with E-state index in [1.807, 2.05) is 30.3 Å². The Labute approximate surface area is 169 Å². The molecule has 4 heterocycles. The molecule has 29 heavy (non-hydrogen) atoms. The van der Waals surface area contributed by atoms with Gasteiger partial charge in [0, 0.05) is 18.4 Å². The van der Waals surface area contributed by atoms with Crippen LogP contribution in [0.5, 0.6) is 0 Å². The van der Waals surface area contributed by atoms with E-state index < -0.39 is 0 Å². The summed E-state index contributed by atoms with van der Waals surface area (Å²) >= 11 is 1.48. The molecule has 144 valence electrons. The van der Waals surface area contributed by atoms with E-state index in [4.69, 9.17) is 0 Å². The molecule has 0 bridgehead atoms.